The number of hydrogen-bond acceptors (Lipinski definition) is 3. The third kappa shape index (κ3) is 5.17. The van der Waals surface area contributed by atoms with Crippen molar-refractivity contribution in [2.24, 2.45) is 9.98 Å². The van der Waals surface area contributed by atoms with Gasteiger partial charge in [-0.2, -0.15) is 0 Å². The molecule has 4 heteroatoms. The molecule has 29 heavy (non-hydrogen) atoms. The molecule has 0 aliphatic carbocycles. The van der Waals surface area contributed by atoms with Crippen molar-refractivity contribution in [2.45, 2.75) is 72.8 Å². The molecule has 0 spiro atoms. The molecule has 1 aliphatic rings. The molecule has 1 unspecified atom stereocenters. The van der Waals surface area contributed by atoms with Gasteiger partial charge in [-0.25, -0.2) is 9.98 Å². The SMILES string of the molecule is Cc1cccc(C)c1N=C1CC(C)OC1=Nc1c(C(C)C)cccc1C(C)C.[Ni]. The molecule has 0 N–H and O–H groups in total. The Morgan fingerprint density at radius 1 is 0.828 bits per heavy atom. The summed E-state index contributed by atoms with van der Waals surface area (Å²) >= 11 is 0. The van der Waals surface area contributed by atoms with Crippen LogP contribution in [0.1, 0.15) is 75.1 Å². The summed E-state index contributed by atoms with van der Waals surface area (Å²) in [4.78, 5) is 10.0. The Kier molecular flexibility index (Phi) is 7.82. The summed E-state index contributed by atoms with van der Waals surface area (Å²) < 4.78 is 6.12. The number of rotatable bonds is 4. The van der Waals surface area contributed by atoms with Crippen LogP contribution in [0.4, 0.5) is 11.4 Å². The van der Waals surface area contributed by atoms with E-state index in [9.17, 15) is 0 Å². The molecule has 0 radical (unpaired) electrons. The molecule has 0 aromatic heterocycles. The second-order valence-electron chi connectivity index (χ2n) is 8.44. The molecule has 2 aromatic rings. The fourth-order valence-corrected chi connectivity index (χ4v) is 3.70. The van der Waals surface area contributed by atoms with Crippen LogP contribution in [-0.2, 0) is 21.2 Å². The number of ether oxygens (including phenoxy) is 1. The first-order chi connectivity index (χ1) is 13.3. The van der Waals surface area contributed by atoms with Crippen LogP contribution in [-0.4, -0.2) is 17.7 Å². The second kappa shape index (κ2) is 9.72. The zero-order chi connectivity index (χ0) is 20.4. The smallest absolute Gasteiger partial charge is 0.236 e. The summed E-state index contributed by atoms with van der Waals surface area (Å²) in [5, 5.41) is 0. The van der Waals surface area contributed by atoms with Gasteiger partial charge in [-0.05, 0) is 54.9 Å². The quantitative estimate of drug-likeness (QED) is 0.470. The third-order valence-electron chi connectivity index (χ3n) is 5.28. The summed E-state index contributed by atoms with van der Waals surface area (Å²) in [6.45, 7) is 15.2. The predicted octanol–water partition coefficient (Wildman–Crippen LogP) is 7.16. The van der Waals surface area contributed by atoms with Crippen LogP contribution in [0.15, 0.2) is 46.4 Å². The molecule has 0 bridgehead atoms. The average molecular weight is 435 g/mol. The third-order valence-corrected chi connectivity index (χ3v) is 5.28. The van der Waals surface area contributed by atoms with Gasteiger partial charge >= 0.3 is 0 Å². The number of aryl methyl sites for hydroxylation is 2. The molecule has 3 nitrogen and oxygen atoms in total. The topological polar surface area (TPSA) is 34.0 Å². The zero-order valence-corrected chi connectivity index (χ0v) is 19.5. The van der Waals surface area contributed by atoms with E-state index in [1.165, 1.54) is 22.3 Å². The summed E-state index contributed by atoms with van der Waals surface area (Å²) in [6, 6.07) is 12.8. The minimum absolute atomic E-state index is 0. The maximum absolute atomic E-state index is 6.12. The number of hydrogen-bond donors (Lipinski definition) is 0. The Labute approximate surface area is 185 Å². The molecule has 0 amide bonds. The van der Waals surface area contributed by atoms with Crippen molar-refractivity contribution >= 4 is 23.0 Å². The van der Waals surface area contributed by atoms with Crippen molar-refractivity contribution in [3.63, 3.8) is 0 Å². The molecule has 158 valence electrons. The zero-order valence-electron chi connectivity index (χ0n) is 18.5. The van der Waals surface area contributed by atoms with Crippen LogP contribution >= 0.6 is 0 Å². The predicted molar refractivity (Wildman–Crippen MR) is 120 cm³/mol. The van der Waals surface area contributed by atoms with Gasteiger partial charge in [-0.3, -0.25) is 0 Å². The second-order valence-corrected chi connectivity index (χ2v) is 8.44. The van der Waals surface area contributed by atoms with Crippen molar-refractivity contribution in [1.29, 1.82) is 0 Å². The van der Waals surface area contributed by atoms with Crippen LogP contribution in [0, 0.1) is 13.8 Å². The van der Waals surface area contributed by atoms with Crippen LogP contribution in [0.2, 0.25) is 0 Å². The molecule has 1 saturated heterocycles. The first-order valence-corrected chi connectivity index (χ1v) is 10.3. The van der Waals surface area contributed by atoms with E-state index < -0.39 is 0 Å². The van der Waals surface area contributed by atoms with Crippen molar-refractivity contribution in [3.8, 4) is 0 Å². The number of para-hydroxylation sites is 2. The normalized spacial score (nSPS) is 19.1. The minimum atomic E-state index is 0. The maximum atomic E-state index is 6.12. The van der Waals surface area contributed by atoms with Crippen molar-refractivity contribution in [3.05, 3.63) is 58.7 Å². The largest absolute Gasteiger partial charge is 0.473 e. The standard InChI is InChI=1S/C25H32N2O.Ni/c1-15(2)20-12-9-13-21(16(3)4)24(20)27-25-22(14-19(7)28-25)26-23-17(5)10-8-11-18(23)6;/h8-13,15-16,19H,14H2,1-7H3;. The Bertz CT molecular complexity index is 882. The minimum Gasteiger partial charge on any atom is -0.473 e. The molecule has 1 aliphatic heterocycles. The van der Waals surface area contributed by atoms with Gasteiger partial charge in [0.2, 0.25) is 5.90 Å². The van der Waals surface area contributed by atoms with Crippen LogP contribution < -0.4 is 0 Å². The Morgan fingerprint density at radius 2 is 1.34 bits per heavy atom. The van der Waals surface area contributed by atoms with E-state index in [0.717, 1.165) is 23.5 Å². The molecule has 1 fully saturated rings. The van der Waals surface area contributed by atoms with E-state index in [1.54, 1.807) is 0 Å². The molecule has 1 atom stereocenters. The molecule has 1 heterocycles. The summed E-state index contributed by atoms with van der Waals surface area (Å²) in [6.07, 6.45) is 0.878. The number of aliphatic imine (C=N–C) groups is 2. The van der Waals surface area contributed by atoms with E-state index in [0.29, 0.717) is 17.7 Å². The van der Waals surface area contributed by atoms with Crippen molar-refractivity contribution in [1.82, 2.24) is 0 Å². The summed E-state index contributed by atoms with van der Waals surface area (Å²) in [5.74, 6) is 1.47. The fourth-order valence-electron chi connectivity index (χ4n) is 3.70. The van der Waals surface area contributed by atoms with E-state index >= 15 is 0 Å². The maximum Gasteiger partial charge on any atom is 0.236 e. The van der Waals surface area contributed by atoms with Crippen LogP contribution in [0.3, 0.4) is 0 Å². The van der Waals surface area contributed by atoms with Gasteiger partial charge < -0.3 is 4.74 Å². The number of benzene rings is 2. The van der Waals surface area contributed by atoms with Gasteiger partial charge in [-0.15, -0.1) is 0 Å². The van der Waals surface area contributed by atoms with Gasteiger partial charge in [0.15, 0.2) is 0 Å². The van der Waals surface area contributed by atoms with Gasteiger partial charge in [0.05, 0.1) is 11.4 Å². The first-order valence-electron chi connectivity index (χ1n) is 10.3. The van der Waals surface area contributed by atoms with Crippen LogP contribution in [0.25, 0.3) is 0 Å². The molecular weight excluding hydrogens is 403 g/mol. The molecule has 3 rings (SSSR count). The van der Waals surface area contributed by atoms with Crippen LogP contribution in [0.5, 0.6) is 0 Å². The van der Waals surface area contributed by atoms with Crippen molar-refractivity contribution < 1.29 is 21.2 Å². The van der Waals surface area contributed by atoms with E-state index in [1.807, 2.05) is 0 Å². The molecule has 0 saturated carbocycles. The fraction of sp³-hybridized carbons (Fsp3) is 0.440. The Morgan fingerprint density at radius 3 is 1.86 bits per heavy atom. The Balaban J connectivity index is 0.00000300. The van der Waals surface area contributed by atoms with Gasteiger partial charge in [-0.1, -0.05) is 64.1 Å². The number of nitrogens with zero attached hydrogens (tertiary/aromatic N) is 2. The first kappa shape index (κ1) is 23.4. The van der Waals surface area contributed by atoms with E-state index in [2.05, 4.69) is 84.9 Å². The average Bonchev–Trinajstić information content (AvgIpc) is 2.97. The summed E-state index contributed by atoms with van der Waals surface area (Å²) in [7, 11) is 0. The van der Waals surface area contributed by atoms with Gasteiger partial charge in [0.25, 0.3) is 0 Å². The molecular formula is C25H32N2NiO. The Hall–Kier alpha value is -1.93. The summed E-state index contributed by atoms with van der Waals surface area (Å²) in [5.41, 5.74) is 7.89. The van der Waals surface area contributed by atoms with Gasteiger partial charge in [0, 0.05) is 22.9 Å². The van der Waals surface area contributed by atoms with Crippen molar-refractivity contribution in [2.75, 3.05) is 0 Å². The van der Waals surface area contributed by atoms with E-state index in [-0.39, 0.29) is 22.6 Å². The van der Waals surface area contributed by atoms with E-state index in [4.69, 9.17) is 14.7 Å². The monoisotopic (exact) mass is 434 g/mol. The van der Waals surface area contributed by atoms with Gasteiger partial charge in [0.1, 0.15) is 11.8 Å². The molecule has 2 aromatic carbocycles.